The van der Waals surface area contributed by atoms with E-state index in [9.17, 15) is 18.0 Å². The summed E-state index contributed by atoms with van der Waals surface area (Å²) in [5.74, 6) is 0. The first-order valence-electron chi connectivity index (χ1n) is 4.61. The van der Waals surface area contributed by atoms with Gasteiger partial charge in [-0.3, -0.25) is 4.79 Å². The summed E-state index contributed by atoms with van der Waals surface area (Å²) >= 11 is 0. The monoisotopic (exact) mass is 227 g/mol. The molecule has 2 aromatic rings. The number of hydrogen-bond acceptors (Lipinski definition) is 1. The highest BCUT2D eigenvalue weighted by Crippen LogP contribution is 2.24. The van der Waals surface area contributed by atoms with Crippen molar-refractivity contribution in [1.82, 2.24) is 4.57 Å². The fraction of sp³-hybridized carbons (Fsp3) is 0.182. The molecule has 1 heterocycles. The van der Waals surface area contributed by atoms with Crippen molar-refractivity contribution in [3.05, 3.63) is 36.0 Å². The van der Waals surface area contributed by atoms with Crippen molar-refractivity contribution >= 4 is 17.2 Å². The number of rotatable bonds is 2. The van der Waals surface area contributed by atoms with Gasteiger partial charge in [-0.25, -0.2) is 0 Å². The van der Waals surface area contributed by atoms with Gasteiger partial charge < -0.3 is 4.57 Å². The third-order valence-electron chi connectivity index (χ3n) is 2.30. The molecule has 1 aromatic carbocycles. The van der Waals surface area contributed by atoms with Crippen LogP contribution < -0.4 is 0 Å². The van der Waals surface area contributed by atoms with E-state index >= 15 is 0 Å². The van der Waals surface area contributed by atoms with Crippen LogP contribution in [0.1, 0.15) is 10.5 Å². The predicted octanol–water partition coefficient (Wildman–Crippen LogP) is 3.02. The van der Waals surface area contributed by atoms with Crippen LogP contribution in [0.5, 0.6) is 0 Å². The van der Waals surface area contributed by atoms with Gasteiger partial charge in [0.15, 0.2) is 6.29 Å². The van der Waals surface area contributed by atoms with Gasteiger partial charge >= 0.3 is 6.18 Å². The molecule has 84 valence electrons. The van der Waals surface area contributed by atoms with Gasteiger partial charge in [-0.1, -0.05) is 18.2 Å². The maximum atomic E-state index is 12.3. The number of nitrogens with zero attached hydrogens (tertiary/aromatic N) is 1. The standard InChI is InChI=1S/C11H8F3NO/c12-11(13,14)7-15-9(6-16)5-8-3-1-2-4-10(8)15/h1-6H,7H2. The van der Waals surface area contributed by atoms with E-state index in [1.165, 1.54) is 6.07 Å². The molecule has 0 atom stereocenters. The Bertz CT molecular complexity index is 527. The highest BCUT2D eigenvalue weighted by Gasteiger charge is 2.29. The Balaban J connectivity index is 2.60. The van der Waals surface area contributed by atoms with Gasteiger partial charge in [-0.15, -0.1) is 0 Å². The largest absolute Gasteiger partial charge is 0.406 e. The lowest BCUT2D eigenvalue weighted by Gasteiger charge is -2.10. The molecular formula is C11H8F3NO. The zero-order chi connectivity index (χ0) is 11.8. The number of para-hydroxylation sites is 1. The number of carbonyl (C=O) groups excluding carboxylic acids is 1. The van der Waals surface area contributed by atoms with Crippen molar-refractivity contribution in [2.24, 2.45) is 0 Å². The lowest BCUT2D eigenvalue weighted by Crippen LogP contribution is -2.18. The summed E-state index contributed by atoms with van der Waals surface area (Å²) in [6.45, 7) is -1.14. The fourth-order valence-corrected chi connectivity index (χ4v) is 1.69. The van der Waals surface area contributed by atoms with Gasteiger partial charge in [0.05, 0.1) is 5.69 Å². The Kier molecular flexibility index (Phi) is 2.46. The molecule has 0 amide bonds. The second-order valence-corrected chi connectivity index (χ2v) is 3.45. The summed E-state index contributed by atoms with van der Waals surface area (Å²) in [4.78, 5) is 10.7. The maximum absolute atomic E-state index is 12.3. The first-order valence-corrected chi connectivity index (χ1v) is 4.61. The van der Waals surface area contributed by atoms with E-state index in [0.717, 1.165) is 4.57 Å². The fourth-order valence-electron chi connectivity index (χ4n) is 1.69. The molecule has 0 aliphatic heterocycles. The number of fused-ring (bicyclic) bond motifs is 1. The molecule has 0 spiro atoms. The van der Waals surface area contributed by atoms with E-state index < -0.39 is 12.7 Å². The third-order valence-corrected chi connectivity index (χ3v) is 2.30. The molecular weight excluding hydrogens is 219 g/mol. The number of halogens is 3. The van der Waals surface area contributed by atoms with Crippen molar-refractivity contribution < 1.29 is 18.0 Å². The Morgan fingerprint density at radius 2 is 1.94 bits per heavy atom. The Morgan fingerprint density at radius 1 is 1.25 bits per heavy atom. The van der Waals surface area contributed by atoms with Crippen LogP contribution in [0.4, 0.5) is 13.2 Å². The van der Waals surface area contributed by atoms with Crippen LogP contribution in [-0.4, -0.2) is 17.0 Å². The number of aldehydes is 1. The van der Waals surface area contributed by atoms with Gasteiger partial charge in [-0.2, -0.15) is 13.2 Å². The number of hydrogen-bond donors (Lipinski definition) is 0. The molecule has 0 aliphatic carbocycles. The highest BCUT2D eigenvalue weighted by atomic mass is 19.4. The molecule has 0 radical (unpaired) electrons. The van der Waals surface area contributed by atoms with Crippen molar-refractivity contribution in [3.8, 4) is 0 Å². The molecule has 0 saturated carbocycles. The zero-order valence-corrected chi connectivity index (χ0v) is 8.16. The van der Waals surface area contributed by atoms with Crippen molar-refractivity contribution in [2.75, 3.05) is 0 Å². The second-order valence-electron chi connectivity index (χ2n) is 3.45. The summed E-state index contributed by atoms with van der Waals surface area (Å²) in [5, 5.41) is 0.633. The summed E-state index contributed by atoms with van der Waals surface area (Å²) in [5.41, 5.74) is 0.459. The SMILES string of the molecule is O=Cc1cc2ccccc2n1CC(F)(F)F. The van der Waals surface area contributed by atoms with Gasteiger partial charge in [0.1, 0.15) is 6.54 Å². The third kappa shape index (κ3) is 1.93. The molecule has 0 N–H and O–H groups in total. The van der Waals surface area contributed by atoms with Crippen LogP contribution in [0.25, 0.3) is 10.9 Å². The van der Waals surface area contributed by atoms with Gasteiger partial charge in [0.2, 0.25) is 0 Å². The number of aromatic nitrogens is 1. The lowest BCUT2D eigenvalue weighted by molar-refractivity contribution is -0.140. The smallest absolute Gasteiger partial charge is 0.329 e. The van der Waals surface area contributed by atoms with Gasteiger partial charge in [0.25, 0.3) is 0 Å². The first-order chi connectivity index (χ1) is 7.51. The van der Waals surface area contributed by atoms with Crippen molar-refractivity contribution in [1.29, 1.82) is 0 Å². The summed E-state index contributed by atoms with van der Waals surface area (Å²) in [6.07, 6.45) is -3.90. The Labute approximate surface area is 89.3 Å². The molecule has 0 saturated heterocycles. The van der Waals surface area contributed by atoms with Crippen molar-refractivity contribution in [3.63, 3.8) is 0 Å². The molecule has 16 heavy (non-hydrogen) atoms. The highest BCUT2D eigenvalue weighted by molar-refractivity contribution is 5.88. The van der Waals surface area contributed by atoms with Crippen LogP contribution in [-0.2, 0) is 6.54 Å². The lowest BCUT2D eigenvalue weighted by atomic mass is 10.2. The van der Waals surface area contributed by atoms with Crippen LogP contribution in [0.15, 0.2) is 30.3 Å². The first kappa shape index (κ1) is 10.7. The molecule has 0 unspecified atom stereocenters. The van der Waals surface area contributed by atoms with Crippen LogP contribution in [0.3, 0.4) is 0 Å². The quantitative estimate of drug-likeness (QED) is 0.723. The summed E-state index contributed by atoms with van der Waals surface area (Å²) in [6, 6.07) is 8.05. The van der Waals surface area contributed by atoms with E-state index in [0.29, 0.717) is 17.2 Å². The minimum Gasteiger partial charge on any atom is -0.329 e. The van der Waals surface area contributed by atoms with Gasteiger partial charge in [-0.05, 0) is 12.1 Å². The molecule has 2 rings (SSSR count). The molecule has 0 aliphatic rings. The topological polar surface area (TPSA) is 22.0 Å². The molecule has 0 fully saturated rings. The minimum atomic E-state index is -4.33. The van der Waals surface area contributed by atoms with E-state index in [4.69, 9.17) is 0 Å². The average Bonchev–Trinajstić information content (AvgIpc) is 2.55. The van der Waals surface area contributed by atoms with E-state index in [2.05, 4.69) is 0 Å². The molecule has 2 nitrogen and oxygen atoms in total. The number of alkyl halides is 3. The summed E-state index contributed by atoms with van der Waals surface area (Å²) < 4.78 is 38.0. The maximum Gasteiger partial charge on any atom is 0.406 e. The number of carbonyl (C=O) groups is 1. The van der Waals surface area contributed by atoms with Gasteiger partial charge in [0, 0.05) is 10.9 Å². The van der Waals surface area contributed by atoms with E-state index in [1.807, 2.05) is 0 Å². The Morgan fingerprint density at radius 3 is 2.56 bits per heavy atom. The second kappa shape index (κ2) is 3.66. The van der Waals surface area contributed by atoms with E-state index in [-0.39, 0.29) is 5.69 Å². The normalized spacial score (nSPS) is 11.9. The van der Waals surface area contributed by atoms with Crippen LogP contribution in [0, 0.1) is 0 Å². The van der Waals surface area contributed by atoms with Crippen molar-refractivity contribution in [2.45, 2.75) is 12.7 Å². The molecule has 0 bridgehead atoms. The minimum absolute atomic E-state index is 0.0403. The number of benzene rings is 1. The molecule has 1 aromatic heterocycles. The van der Waals surface area contributed by atoms with E-state index in [1.54, 1.807) is 24.3 Å². The average molecular weight is 227 g/mol. The summed E-state index contributed by atoms with van der Waals surface area (Å²) in [7, 11) is 0. The Hall–Kier alpha value is -1.78. The van der Waals surface area contributed by atoms with Crippen LogP contribution in [0.2, 0.25) is 0 Å². The zero-order valence-electron chi connectivity index (χ0n) is 8.16. The predicted molar refractivity (Wildman–Crippen MR) is 53.4 cm³/mol. The molecule has 5 heteroatoms. The van der Waals surface area contributed by atoms with Crippen LogP contribution >= 0.6 is 0 Å².